The van der Waals surface area contributed by atoms with E-state index < -0.39 is 0 Å². The minimum atomic E-state index is 0.464. The molecule has 1 aromatic rings. The van der Waals surface area contributed by atoms with Gasteiger partial charge in [-0.05, 0) is 28.7 Å². The van der Waals surface area contributed by atoms with Gasteiger partial charge in [-0.15, -0.1) is 12.6 Å². The van der Waals surface area contributed by atoms with Gasteiger partial charge in [0.1, 0.15) is 0 Å². The molecule has 1 nitrogen and oxygen atoms in total. The van der Waals surface area contributed by atoms with Gasteiger partial charge in [-0.2, -0.15) is 0 Å². The highest BCUT2D eigenvalue weighted by Crippen LogP contribution is 2.13. The number of thiol groups is 1. The summed E-state index contributed by atoms with van der Waals surface area (Å²) in [6, 6.07) is 7.53. The second-order valence-electron chi connectivity index (χ2n) is 2.39. The van der Waals surface area contributed by atoms with Crippen molar-refractivity contribution in [2.75, 3.05) is 6.54 Å². The molecule has 1 aromatic carbocycles. The Bertz CT molecular complexity index is 279. The Morgan fingerprint density at radius 1 is 1.42 bits per heavy atom. The smallest absolute Gasteiger partial charge is 0.0406 e. The number of nitrogens with two attached hydrogens (primary N) is 1. The molecule has 0 heterocycles. The Morgan fingerprint density at radius 2 is 2.00 bits per heavy atom. The van der Waals surface area contributed by atoms with Crippen LogP contribution in [0.5, 0.6) is 0 Å². The van der Waals surface area contributed by atoms with Crippen molar-refractivity contribution in [3.8, 4) is 0 Å². The maximum atomic E-state index is 5.72. The van der Waals surface area contributed by atoms with E-state index in [-0.39, 0.29) is 0 Å². The largest absolute Gasteiger partial charge is 0.326 e. The fourth-order valence-corrected chi connectivity index (χ4v) is 1.09. The van der Waals surface area contributed by atoms with E-state index in [9.17, 15) is 0 Å². The first-order chi connectivity index (χ1) is 5.72. The van der Waals surface area contributed by atoms with Crippen molar-refractivity contribution in [2.45, 2.75) is 0 Å². The number of hydrogen-bond acceptors (Lipinski definition) is 2. The first kappa shape index (κ1) is 9.65. The van der Waals surface area contributed by atoms with E-state index in [1.54, 1.807) is 0 Å². The van der Waals surface area contributed by atoms with E-state index in [0.29, 0.717) is 6.54 Å². The molecule has 12 heavy (non-hydrogen) atoms. The Kier molecular flexibility index (Phi) is 3.66. The van der Waals surface area contributed by atoms with Crippen LogP contribution in [-0.4, -0.2) is 6.54 Å². The van der Waals surface area contributed by atoms with Crippen LogP contribution in [0.1, 0.15) is 5.56 Å². The lowest BCUT2D eigenvalue weighted by Gasteiger charge is -1.96. The molecule has 3 heteroatoms. The van der Waals surface area contributed by atoms with Crippen LogP contribution in [0.25, 0.3) is 6.08 Å². The van der Waals surface area contributed by atoms with Gasteiger partial charge in [-0.1, -0.05) is 23.7 Å². The van der Waals surface area contributed by atoms with Crippen molar-refractivity contribution in [2.24, 2.45) is 5.73 Å². The summed E-state index contributed by atoms with van der Waals surface area (Å²) in [5.41, 5.74) is 6.44. The predicted molar refractivity (Wildman–Crippen MR) is 57.5 cm³/mol. The SMILES string of the molecule is NC/C(S)=C\c1ccc(Cl)cc1. The van der Waals surface area contributed by atoms with Crippen molar-refractivity contribution in [1.82, 2.24) is 0 Å². The highest BCUT2D eigenvalue weighted by atomic mass is 35.5. The minimum Gasteiger partial charge on any atom is -0.326 e. The summed E-state index contributed by atoms with van der Waals surface area (Å²) in [5.74, 6) is 0. The average molecular weight is 200 g/mol. The molecule has 0 aliphatic rings. The molecule has 0 aliphatic heterocycles. The minimum absolute atomic E-state index is 0.464. The predicted octanol–water partition coefficient (Wildman–Crippen LogP) is 2.57. The summed E-state index contributed by atoms with van der Waals surface area (Å²) >= 11 is 9.89. The van der Waals surface area contributed by atoms with Crippen molar-refractivity contribution < 1.29 is 0 Å². The number of rotatable bonds is 2. The molecule has 0 aromatic heterocycles. The molecule has 64 valence electrons. The number of benzene rings is 1. The first-order valence-electron chi connectivity index (χ1n) is 3.57. The van der Waals surface area contributed by atoms with Crippen LogP contribution in [0.4, 0.5) is 0 Å². The summed E-state index contributed by atoms with van der Waals surface area (Å²) in [4.78, 5) is 0.859. The van der Waals surface area contributed by atoms with Gasteiger partial charge in [0.2, 0.25) is 0 Å². The molecule has 0 fully saturated rings. The molecular formula is C9H10ClNS. The quantitative estimate of drug-likeness (QED) is 0.704. The second kappa shape index (κ2) is 4.55. The summed E-state index contributed by atoms with van der Waals surface area (Å²) in [6.07, 6.45) is 1.92. The fraction of sp³-hybridized carbons (Fsp3) is 0.111. The normalized spacial score (nSPS) is 11.8. The van der Waals surface area contributed by atoms with Gasteiger partial charge in [0.25, 0.3) is 0 Å². The maximum Gasteiger partial charge on any atom is 0.0406 e. The Balaban J connectivity index is 2.84. The van der Waals surface area contributed by atoms with Gasteiger partial charge in [0.05, 0.1) is 0 Å². The second-order valence-corrected chi connectivity index (χ2v) is 3.40. The molecule has 0 radical (unpaired) electrons. The molecule has 0 unspecified atom stereocenters. The summed E-state index contributed by atoms with van der Waals surface area (Å²) in [5, 5.41) is 0.737. The number of halogens is 1. The molecule has 0 amide bonds. The van der Waals surface area contributed by atoms with E-state index in [4.69, 9.17) is 17.3 Å². The van der Waals surface area contributed by atoms with Crippen LogP contribution in [0.2, 0.25) is 5.02 Å². The van der Waals surface area contributed by atoms with Crippen LogP contribution < -0.4 is 5.73 Å². The monoisotopic (exact) mass is 199 g/mol. The van der Waals surface area contributed by atoms with Gasteiger partial charge >= 0.3 is 0 Å². The van der Waals surface area contributed by atoms with Crippen LogP contribution in [0, 0.1) is 0 Å². The molecule has 2 N–H and O–H groups in total. The molecule has 1 rings (SSSR count). The zero-order valence-electron chi connectivity index (χ0n) is 6.50. The van der Waals surface area contributed by atoms with Crippen LogP contribution in [0.15, 0.2) is 29.2 Å². The van der Waals surface area contributed by atoms with Gasteiger partial charge in [0, 0.05) is 11.6 Å². The molecular weight excluding hydrogens is 190 g/mol. The molecule has 0 aliphatic carbocycles. The Labute approximate surface area is 82.6 Å². The van der Waals surface area contributed by atoms with E-state index in [2.05, 4.69) is 12.6 Å². The molecule has 0 bridgehead atoms. The van der Waals surface area contributed by atoms with Crippen molar-refractivity contribution in [3.05, 3.63) is 39.8 Å². The third-order valence-electron chi connectivity index (χ3n) is 1.41. The van der Waals surface area contributed by atoms with Crippen LogP contribution >= 0.6 is 24.2 Å². The lowest BCUT2D eigenvalue weighted by molar-refractivity contribution is 1.24. The van der Waals surface area contributed by atoms with Crippen LogP contribution in [0.3, 0.4) is 0 Å². The Hall–Kier alpha value is -0.440. The van der Waals surface area contributed by atoms with Gasteiger partial charge < -0.3 is 5.73 Å². The van der Waals surface area contributed by atoms with E-state index in [1.165, 1.54) is 0 Å². The van der Waals surface area contributed by atoms with Crippen LogP contribution in [-0.2, 0) is 0 Å². The van der Waals surface area contributed by atoms with E-state index in [1.807, 2.05) is 30.3 Å². The Morgan fingerprint density at radius 3 is 2.50 bits per heavy atom. The maximum absolute atomic E-state index is 5.72. The third-order valence-corrected chi connectivity index (χ3v) is 1.98. The highest BCUT2D eigenvalue weighted by molar-refractivity contribution is 7.84. The summed E-state index contributed by atoms with van der Waals surface area (Å²) in [6.45, 7) is 0.464. The van der Waals surface area contributed by atoms with Crippen molar-refractivity contribution in [1.29, 1.82) is 0 Å². The van der Waals surface area contributed by atoms with Gasteiger partial charge in [0.15, 0.2) is 0 Å². The average Bonchev–Trinajstić information content (AvgIpc) is 2.09. The lowest BCUT2D eigenvalue weighted by Crippen LogP contribution is -1.97. The molecule has 0 atom stereocenters. The topological polar surface area (TPSA) is 26.0 Å². The van der Waals surface area contributed by atoms with Crippen molar-refractivity contribution in [3.63, 3.8) is 0 Å². The first-order valence-corrected chi connectivity index (χ1v) is 4.40. The zero-order valence-corrected chi connectivity index (χ0v) is 8.15. The van der Waals surface area contributed by atoms with Gasteiger partial charge in [-0.3, -0.25) is 0 Å². The summed E-state index contributed by atoms with van der Waals surface area (Å²) in [7, 11) is 0. The van der Waals surface area contributed by atoms with Crippen molar-refractivity contribution >= 4 is 30.3 Å². The zero-order chi connectivity index (χ0) is 8.97. The fourth-order valence-electron chi connectivity index (χ4n) is 0.810. The van der Waals surface area contributed by atoms with Gasteiger partial charge in [-0.25, -0.2) is 0 Å². The lowest BCUT2D eigenvalue weighted by atomic mass is 10.2. The third kappa shape index (κ3) is 2.89. The summed E-state index contributed by atoms with van der Waals surface area (Å²) < 4.78 is 0. The van der Waals surface area contributed by atoms with E-state index >= 15 is 0 Å². The standard InChI is InChI=1S/C9H10ClNS/c10-8-3-1-7(2-4-8)5-9(12)6-11/h1-5,12H,6,11H2/b9-5+. The number of hydrogen-bond donors (Lipinski definition) is 2. The van der Waals surface area contributed by atoms with E-state index in [0.717, 1.165) is 15.5 Å². The highest BCUT2D eigenvalue weighted by Gasteiger charge is 1.90. The molecule has 0 saturated heterocycles. The molecule has 0 spiro atoms. The molecule has 0 saturated carbocycles.